The molecular weight excluding hydrogens is 306 g/mol. The van der Waals surface area contributed by atoms with Crippen LogP contribution in [0.3, 0.4) is 0 Å². The number of rotatable bonds is 6. The van der Waals surface area contributed by atoms with E-state index in [2.05, 4.69) is 41.1 Å². The van der Waals surface area contributed by atoms with E-state index in [9.17, 15) is 4.79 Å². The van der Waals surface area contributed by atoms with Gasteiger partial charge >= 0.3 is 0 Å². The fourth-order valence-corrected chi connectivity index (χ4v) is 2.98. The molecule has 0 saturated carbocycles. The highest BCUT2D eigenvalue weighted by Gasteiger charge is 2.20. The lowest BCUT2D eigenvalue weighted by Crippen LogP contribution is -2.49. The molecule has 0 atom stereocenters. The smallest absolute Gasteiger partial charge is 0.234 e. The summed E-state index contributed by atoms with van der Waals surface area (Å²) in [5, 5.41) is 2.98. The summed E-state index contributed by atoms with van der Waals surface area (Å²) in [5.74, 6) is 2.30. The summed E-state index contributed by atoms with van der Waals surface area (Å²) in [4.78, 5) is 16.5. The third-order valence-electron chi connectivity index (χ3n) is 4.38. The summed E-state index contributed by atoms with van der Waals surface area (Å²) in [6.07, 6.45) is 0. The highest BCUT2D eigenvalue weighted by atomic mass is 16.7. The SMILES string of the molecule is CC(C)CNC(=O)CN1CCN(Cc2ccc3c(c2)OCO3)CC1. The molecule has 2 aliphatic rings. The van der Waals surface area contributed by atoms with Crippen molar-refractivity contribution in [3.05, 3.63) is 23.8 Å². The van der Waals surface area contributed by atoms with Crippen LogP contribution in [-0.2, 0) is 11.3 Å². The Morgan fingerprint density at radius 2 is 1.83 bits per heavy atom. The van der Waals surface area contributed by atoms with Crippen LogP contribution in [0.5, 0.6) is 11.5 Å². The number of piperazine rings is 1. The van der Waals surface area contributed by atoms with E-state index in [1.165, 1.54) is 5.56 Å². The molecule has 3 rings (SSSR count). The molecule has 0 aliphatic carbocycles. The normalized spacial score (nSPS) is 18.1. The maximum Gasteiger partial charge on any atom is 0.234 e. The zero-order valence-corrected chi connectivity index (χ0v) is 14.6. The summed E-state index contributed by atoms with van der Waals surface area (Å²) in [7, 11) is 0. The highest BCUT2D eigenvalue weighted by Crippen LogP contribution is 2.32. The van der Waals surface area contributed by atoms with Gasteiger partial charge in [-0.2, -0.15) is 0 Å². The Morgan fingerprint density at radius 1 is 1.12 bits per heavy atom. The van der Waals surface area contributed by atoms with E-state index in [4.69, 9.17) is 9.47 Å². The molecule has 6 heteroatoms. The molecule has 24 heavy (non-hydrogen) atoms. The van der Waals surface area contributed by atoms with Crippen LogP contribution in [0.4, 0.5) is 0 Å². The third-order valence-corrected chi connectivity index (χ3v) is 4.38. The first-order chi connectivity index (χ1) is 11.6. The first-order valence-electron chi connectivity index (χ1n) is 8.70. The second-order valence-corrected chi connectivity index (χ2v) is 6.94. The van der Waals surface area contributed by atoms with E-state index in [1.54, 1.807) is 0 Å². The molecule has 0 aromatic heterocycles. The molecule has 0 radical (unpaired) electrons. The lowest BCUT2D eigenvalue weighted by Gasteiger charge is -2.34. The van der Waals surface area contributed by atoms with Crippen molar-refractivity contribution in [1.82, 2.24) is 15.1 Å². The van der Waals surface area contributed by atoms with Crippen molar-refractivity contribution in [1.29, 1.82) is 0 Å². The van der Waals surface area contributed by atoms with Crippen LogP contribution in [0.1, 0.15) is 19.4 Å². The summed E-state index contributed by atoms with van der Waals surface area (Å²) >= 11 is 0. The van der Waals surface area contributed by atoms with Crippen molar-refractivity contribution in [3.63, 3.8) is 0 Å². The van der Waals surface area contributed by atoms with Gasteiger partial charge in [-0.15, -0.1) is 0 Å². The van der Waals surface area contributed by atoms with Crippen LogP contribution >= 0.6 is 0 Å². The molecule has 1 amide bonds. The summed E-state index contributed by atoms with van der Waals surface area (Å²) in [6.45, 7) is 10.5. The number of fused-ring (bicyclic) bond motifs is 1. The Kier molecular flexibility index (Phi) is 5.58. The minimum atomic E-state index is 0.132. The van der Waals surface area contributed by atoms with Gasteiger partial charge in [-0.25, -0.2) is 0 Å². The predicted octanol–water partition coefficient (Wildman–Crippen LogP) is 1.31. The molecule has 1 aromatic rings. The lowest BCUT2D eigenvalue weighted by molar-refractivity contribution is -0.122. The van der Waals surface area contributed by atoms with Crippen LogP contribution in [0, 0.1) is 5.92 Å². The number of hydrogen-bond donors (Lipinski definition) is 1. The van der Waals surface area contributed by atoms with Gasteiger partial charge in [-0.05, 0) is 23.6 Å². The minimum absolute atomic E-state index is 0.132. The molecule has 132 valence electrons. The van der Waals surface area contributed by atoms with Crippen LogP contribution in [0.2, 0.25) is 0 Å². The molecule has 1 fully saturated rings. The van der Waals surface area contributed by atoms with Crippen molar-refractivity contribution >= 4 is 5.91 Å². The first-order valence-corrected chi connectivity index (χ1v) is 8.70. The fourth-order valence-electron chi connectivity index (χ4n) is 2.98. The Hall–Kier alpha value is -1.79. The monoisotopic (exact) mass is 333 g/mol. The first kappa shape index (κ1) is 17.0. The standard InChI is InChI=1S/C18H27N3O3/c1-14(2)10-19-18(22)12-21-7-5-20(6-8-21)11-15-3-4-16-17(9-15)24-13-23-16/h3-4,9,14H,5-8,10-13H2,1-2H3,(H,19,22). The van der Waals surface area contributed by atoms with E-state index in [1.807, 2.05) is 6.07 Å². The Labute approximate surface area is 143 Å². The molecule has 1 aromatic carbocycles. The van der Waals surface area contributed by atoms with Gasteiger partial charge in [0, 0.05) is 39.3 Å². The number of benzene rings is 1. The van der Waals surface area contributed by atoms with E-state index >= 15 is 0 Å². The number of nitrogens with one attached hydrogen (secondary N) is 1. The van der Waals surface area contributed by atoms with Gasteiger partial charge in [-0.3, -0.25) is 14.6 Å². The second kappa shape index (κ2) is 7.85. The topological polar surface area (TPSA) is 54.0 Å². The van der Waals surface area contributed by atoms with E-state index in [0.717, 1.165) is 50.8 Å². The van der Waals surface area contributed by atoms with Crippen LogP contribution < -0.4 is 14.8 Å². The number of amides is 1. The molecule has 0 spiro atoms. The van der Waals surface area contributed by atoms with Gasteiger partial charge < -0.3 is 14.8 Å². The number of carbonyl (C=O) groups is 1. The number of hydrogen-bond acceptors (Lipinski definition) is 5. The third kappa shape index (κ3) is 4.61. The van der Waals surface area contributed by atoms with Crippen molar-refractivity contribution in [3.8, 4) is 11.5 Å². The van der Waals surface area contributed by atoms with Crippen LogP contribution in [-0.4, -0.2) is 61.8 Å². The Balaban J connectivity index is 1.41. The van der Waals surface area contributed by atoms with Crippen molar-refractivity contribution in [2.45, 2.75) is 20.4 Å². The van der Waals surface area contributed by atoms with Crippen molar-refractivity contribution in [2.75, 3.05) is 46.1 Å². The summed E-state index contributed by atoms with van der Waals surface area (Å²) in [6, 6.07) is 6.14. The van der Waals surface area contributed by atoms with Crippen LogP contribution in [0.15, 0.2) is 18.2 Å². The molecule has 0 bridgehead atoms. The molecule has 6 nitrogen and oxygen atoms in total. The average molecular weight is 333 g/mol. The van der Waals surface area contributed by atoms with Crippen molar-refractivity contribution < 1.29 is 14.3 Å². The highest BCUT2D eigenvalue weighted by molar-refractivity contribution is 5.78. The molecule has 1 N–H and O–H groups in total. The zero-order chi connectivity index (χ0) is 16.9. The molecular formula is C18H27N3O3. The second-order valence-electron chi connectivity index (χ2n) is 6.94. The van der Waals surface area contributed by atoms with Gasteiger partial charge in [0.1, 0.15) is 0 Å². The minimum Gasteiger partial charge on any atom is -0.454 e. The van der Waals surface area contributed by atoms with Crippen LogP contribution in [0.25, 0.3) is 0 Å². The van der Waals surface area contributed by atoms with Gasteiger partial charge in [0.2, 0.25) is 12.7 Å². The largest absolute Gasteiger partial charge is 0.454 e. The molecule has 2 aliphatic heterocycles. The summed E-state index contributed by atoms with van der Waals surface area (Å²) in [5.41, 5.74) is 1.24. The fraction of sp³-hybridized carbons (Fsp3) is 0.611. The zero-order valence-electron chi connectivity index (χ0n) is 14.6. The maximum absolute atomic E-state index is 11.9. The Bertz CT molecular complexity index is 569. The van der Waals surface area contributed by atoms with E-state index in [-0.39, 0.29) is 5.91 Å². The predicted molar refractivity (Wildman–Crippen MR) is 92.1 cm³/mol. The van der Waals surface area contributed by atoms with E-state index < -0.39 is 0 Å². The number of carbonyl (C=O) groups excluding carboxylic acids is 1. The average Bonchev–Trinajstić information content (AvgIpc) is 3.02. The van der Waals surface area contributed by atoms with Gasteiger partial charge in [-0.1, -0.05) is 19.9 Å². The Morgan fingerprint density at radius 3 is 2.58 bits per heavy atom. The molecule has 2 heterocycles. The maximum atomic E-state index is 11.9. The van der Waals surface area contributed by atoms with Crippen molar-refractivity contribution in [2.24, 2.45) is 5.92 Å². The van der Waals surface area contributed by atoms with Gasteiger partial charge in [0.25, 0.3) is 0 Å². The van der Waals surface area contributed by atoms with Gasteiger partial charge in [0.05, 0.1) is 6.54 Å². The lowest BCUT2D eigenvalue weighted by atomic mass is 10.1. The molecule has 0 unspecified atom stereocenters. The quantitative estimate of drug-likeness (QED) is 0.851. The van der Waals surface area contributed by atoms with Gasteiger partial charge in [0.15, 0.2) is 11.5 Å². The summed E-state index contributed by atoms with van der Waals surface area (Å²) < 4.78 is 10.8. The number of nitrogens with zero attached hydrogens (tertiary/aromatic N) is 2. The van der Waals surface area contributed by atoms with E-state index in [0.29, 0.717) is 19.3 Å². The number of ether oxygens (including phenoxy) is 2. The molecule has 1 saturated heterocycles.